The highest BCUT2D eigenvalue weighted by Crippen LogP contribution is 2.15. The van der Waals surface area contributed by atoms with Crippen molar-refractivity contribution in [1.29, 1.82) is 0 Å². The first-order valence-corrected chi connectivity index (χ1v) is 9.43. The Bertz CT molecular complexity index is 741. The van der Waals surface area contributed by atoms with Crippen molar-refractivity contribution < 1.29 is 0 Å². The first kappa shape index (κ1) is 20.6. The number of hydrogen-bond acceptors (Lipinski definition) is 4. The number of guanidine groups is 1. The molecule has 0 unspecified atom stereocenters. The predicted molar refractivity (Wildman–Crippen MR) is 116 cm³/mol. The molecule has 0 aliphatic heterocycles. The van der Waals surface area contributed by atoms with Crippen LogP contribution in [0.25, 0.3) is 0 Å². The molecule has 0 bridgehead atoms. The van der Waals surface area contributed by atoms with E-state index in [4.69, 9.17) is 0 Å². The number of likely N-dealkylation sites (N-methyl/N-ethyl adjacent to an activating group) is 1. The van der Waals surface area contributed by atoms with E-state index < -0.39 is 0 Å². The number of aromatic nitrogens is 1. The van der Waals surface area contributed by atoms with E-state index in [2.05, 4.69) is 63.6 Å². The first-order chi connectivity index (χ1) is 13.0. The molecule has 2 aromatic rings. The average molecular weight is 369 g/mol. The van der Waals surface area contributed by atoms with Crippen LogP contribution in [0.1, 0.15) is 18.2 Å². The van der Waals surface area contributed by atoms with Gasteiger partial charge in [0.2, 0.25) is 0 Å². The number of aliphatic imine (C=N–C) groups is 1. The van der Waals surface area contributed by atoms with Gasteiger partial charge in [-0.15, -0.1) is 0 Å². The lowest BCUT2D eigenvalue weighted by Gasteiger charge is -2.24. The maximum Gasteiger partial charge on any atom is 0.191 e. The number of anilines is 2. The number of nitrogens with zero attached hydrogens (tertiary/aromatic N) is 4. The highest BCUT2D eigenvalue weighted by molar-refractivity contribution is 5.79. The summed E-state index contributed by atoms with van der Waals surface area (Å²) >= 11 is 0. The van der Waals surface area contributed by atoms with Gasteiger partial charge in [0.1, 0.15) is 5.82 Å². The molecule has 0 radical (unpaired) electrons. The van der Waals surface area contributed by atoms with Crippen molar-refractivity contribution >= 4 is 17.5 Å². The number of pyridine rings is 1. The molecule has 146 valence electrons. The lowest BCUT2D eigenvalue weighted by Crippen LogP contribution is -2.41. The fourth-order valence-electron chi connectivity index (χ4n) is 2.81. The topological polar surface area (TPSA) is 55.8 Å². The van der Waals surface area contributed by atoms with Crippen molar-refractivity contribution in [2.45, 2.75) is 20.4 Å². The van der Waals surface area contributed by atoms with Gasteiger partial charge < -0.3 is 20.4 Å². The third-order valence-electron chi connectivity index (χ3n) is 4.33. The molecule has 2 rings (SSSR count). The summed E-state index contributed by atoms with van der Waals surface area (Å²) in [6.07, 6.45) is 0. The Labute approximate surface area is 163 Å². The van der Waals surface area contributed by atoms with Crippen molar-refractivity contribution in [1.82, 2.24) is 15.6 Å². The minimum Gasteiger partial charge on any atom is -0.370 e. The smallest absolute Gasteiger partial charge is 0.191 e. The third-order valence-corrected chi connectivity index (χ3v) is 4.33. The average Bonchev–Trinajstić information content (AvgIpc) is 2.67. The Balaban J connectivity index is 1.84. The number of hydrogen-bond donors (Lipinski definition) is 2. The van der Waals surface area contributed by atoms with Gasteiger partial charge in [-0.1, -0.05) is 18.2 Å². The van der Waals surface area contributed by atoms with Gasteiger partial charge in [0.05, 0.1) is 12.2 Å². The van der Waals surface area contributed by atoms with E-state index in [1.807, 2.05) is 37.2 Å². The van der Waals surface area contributed by atoms with E-state index in [1.165, 1.54) is 11.3 Å². The molecular formula is C21H32N6. The van der Waals surface area contributed by atoms with Crippen LogP contribution in [0.5, 0.6) is 0 Å². The number of aryl methyl sites for hydroxylation is 1. The molecule has 0 spiro atoms. The second kappa shape index (κ2) is 10.4. The zero-order chi connectivity index (χ0) is 19.6. The number of benzene rings is 1. The molecule has 0 saturated carbocycles. The van der Waals surface area contributed by atoms with Crippen LogP contribution >= 0.6 is 0 Å². The molecule has 1 aromatic carbocycles. The summed E-state index contributed by atoms with van der Waals surface area (Å²) in [6, 6.07) is 14.7. The van der Waals surface area contributed by atoms with Gasteiger partial charge in [0.25, 0.3) is 0 Å². The summed E-state index contributed by atoms with van der Waals surface area (Å²) in [6.45, 7) is 7.64. The molecule has 0 aliphatic carbocycles. The van der Waals surface area contributed by atoms with Crippen LogP contribution in [0, 0.1) is 6.92 Å². The van der Waals surface area contributed by atoms with E-state index in [9.17, 15) is 0 Å². The van der Waals surface area contributed by atoms with Crippen molar-refractivity contribution in [3.63, 3.8) is 0 Å². The van der Waals surface area contributed by atoms with Gasteiger partial charge >= 0.3 is 0 Å². The van der Waals surface area contributed by atoms with E-state index in [1.54, 1.807) is 7.05 Å². The van der Waals surface area contributed by atoms with Gasteiger partial charge in [0.15, 0.2) is 5.96 Å². The van der Waals surface area contributed by atoms with Crippen LogP contribution in [0.15, 0.2) is 47.5 Å². The van der Waals surface area contributed by atoms with Crippen LogP contribution in [-0.2, 0) is 6.54 Å². The Hall–Kier alpha value is -2.76. The molecule has 0 saturated heterocycles. The van der Waals surface area contributed by atoms with Crippen molar-refractivity contribution in [2.24, 2.45) is 4.99 Å². The Kier molecular flexibility index (Phi) is 7.92. The Morgan fingerprint density at radius 2 is 1.89 bits per heavy atom. The quantitative estimate of drug-likeness (QED) is 0.554. The van der Waals surface area contributed by atoms with Crippen LogP contribution in [0.4, 0.5) is 11.5 Å². The molecular weight excluding hydrogens is 336 g/mol. The Morgan fingerprint density at radius 1 is 1.11 bits per heavy atom. The van der Waals surface area contributed by atoms with E-state index in [0.717, 1.165) is 37.1 Å². The molecule has 1 heterocycles. The van der Waals surface area contributed by atoms with Gasteiger partial charge in [-0.25, -0.2) is 4.98 Å². The summed E-state index contributed by atoms with van der Waals surface area (Å²) in [7, 11) is 5.78. The minimum absolute atomic E-state index is 0.636. The molecule has 6 nitrogen and oxygen atoms in total. The van der Waals surface area contributed by atoms with Crippen LogP contribution in [-0.4, -0.2) is 51.7 Å². The molecule has 0 fully saturated rings. The van der Waals surface area contributed by atoms with Gasteiger partial charge in [-0.3, -0.25) is 4.99 Å². The molecule has 2 N–H and O–H groups in total. The SMILES string of the molecule is CCN(CCNC(=NC)NCc1cccc(N(C)C)n1)c1cccc(C)c1. The van der Waals surface area contributed by atoms with Crippen LogP contribution < -0.4 is 20.4 Å². The largest absolute Gasteiger partial charge is 0.370 e. The number of nitrogens with one attached hydrogen (secondary N) is 2. The standard InChI is InChI=1S/C21H32N6/c1-6-27(19-11-7-9-17(2)15-19)14-13-23-21(22-3)24-16-18-10-8-12-20(25-18)26(4)5/h7-12,15H,6,13-14,16H2,1-5H3,(H2,22,23,24). The molecule has 1 aromatic heterocycles. The summed E-state index contributed by atoms with van der Waals surface area (Å²) in [5, 5.41) is 6.72. The van der Waals surface area contributed by atoms with Crippen LogP contribution in [0.3, 0.4) is 0 Å². The normalized spacial score (nSPS) is 11.2. The molecule has 6 heteroatoms. The first-order valence-electron chi connectivity index (χ1n) is 9.43. The zero-order valence-electron chi connectivity index (χ0n) is 17.2. The fraction of sp³-hybridized carbons (Fsp3) is 0.429. The molecule has 0 amide bonds. The van der Waals surface area contributed by atoms with Crippen molar-refractivity contribution in [3.8, 4) is 0 Å². The van der Waals surface area contributed by atoms with E-state index in [-0.39, 0.29) is 0 Å². The summed E-state index contributed by atoms with van der Waals surface area (Å²) in [5.41, 5.74) is 3.52. The highest BCUT2D eigenvalue weighted by atomic mass is 15.2. The van der Waals surface area contributed by atoms with Crippen LogP contribution in [0.2, 0.25) is 0 Å². The summed E-state index contributed by atoms with van der Waals surface area (Å²) < 4.78 is 0. The van der Waals surface area contributed by atoms with Gasteiger partial charge in [-0.2, -0.15) is 0 Å². The zero-order valence-corrected chi connectivity index (χ0v) is 17.2. The number of rotatable bonds is 8. The predicted octanol–water partition coefficient (Wildman–Crippen LogP) is 2.65. The Morgan fingerprint density at radius 3 is 2.56 bits per heavy atom. The molecule has 0 aliphatic rings. The second-order valence-corrected chi connectivity index (χ2v) is 6.65. The summed E-state index contributed by atoms with van der Waals surface area (Å²) in [4.78, 5) is 13.3. The highest BCUT2D eigenvalue weighted by Gasteiger charge is 2.06. The monoisotopic (exact) mass is 368 g/mol. The van der Waals surface area contributed by atoms with Crippen molar-refractivity contribution in [2.75, 3.05) is 50.6 Å². The van der Waals surface area contributed by atoms with Crippen molar-refractivity contribution in [3.05, 3.63) is 53.7 Å². The molecule has 0 atom stereocenters. The minimum atomic E-state index is 0.636. The lowest BCUT2D eigenvalue weighted by molar-refractivity contribution is 0.745. The van der Waals surface area contributed by atoms with E-state index in [0.29, 0.717) is 6.54 Å². The van der Waals surface area contributed by atoms with Gasteiger partial charge in [0, 0.05) is 46.5 Å². The molecule has 27 heavy (non-hydrogen) atoms. The fourth-order valence-corrected chi connectivity index (χ4v) is 2.81. The second-order valence-electron chi connectivity index (χ2n) is 6.65. The maximum absolute atomic E-state index is 4.62. The van der Waals surface area contributed by atoms with Gasteiger partial charge in [-0.05, 0) is 43.7 Å². The maximum atomic E-state index is 4.62. The summed E-state index contributed by atoms with van der Waals surface area (Å²) in [5.74, 6) is 1.74. The third kappa shape index (κ3) is 6.47. The van der Waals surface area contributed by atoms with E-state index >= 15 is 0 Å². The lowest BCUT2D eigenvalue weighted by atomic mass is 10.2.